The fourth-order valence-electron chi connectivity index (χ4n) is 3.17. The standard InChI is InChI=1S/C16H20N2O/c1-18-10-9-13(17)16(18)15-12-6-4-3-5-11(12)7-8-14(15)19-2/h3-8,13,16H,9-10,17H2,1-2H3. The lowest BCUT2D eigenvalue weighted by atomic mass is 9.94. The molecular formula is C16H20N2O. The second-order valence-corrected chi connectivity index (χ2v) is 5.28. The van der Waals surface area contributed by atoms with E-state index < -0.39 is 0 Å². The molecule has 0 bridgehead atoms. The van der Waals surface area contributed by atoms with E-state index in [1.165, 1.54) is 16.3 Å². The number of hydrogen-bond donors (Lipinski definition) is 1. The summed E-state index contributed by atoms with van der Waals surface area (Å²) in [5.74, 6) is 0.938. The number of methoxy groups -OCH3 is 1. The summed E-state index contributed by atoms with van der Waals surface area (Å²) < 4.78 is 5.58. The zero-order valence-electron chi connectivity index (χ0n) is 11.5. The molecule has 3 nitrogen and oxygen atoms in total. The molecule has 2 atom stereocenters. The number of likely N-dealkylation sites (tertiary alicyclic amines) is 1. The molecule has 0 spiro atoms. The average Bonchev–Trinajstić information content (AvgIpc) is 2.77. The second kappa shape index (κ2) is 4.83. The highest BCUT2D eigenvalue weighted by Gasteiger charge is 2.33. The minimum atomic E-state index is 0.171. The first-order valence-corrected chi connectivity index (χ1v) is 6.74. The van der Waals surface area contributed by atoms with Gasteiger partial charge in [-0.1, -0.05) is 30.3 Å². The van der Waals surface area contributed by atoms with E-state index in [9.17, 15) is 0 Å². The highest BCUT2D eigenvalue weighted by molar-refractivity contribution is 5.88. The molecule has 2 unspecified atom stereocenters. The van der Waals surface area contributed by atoms with Crippen molar-refractivity contribution in [3.8, 4) is 5.75 Å². The molecule has 2 aromatic rings. The topological polar surface area (TPSA) is 38.5 Å². The lowest BCUT2D eigenvalue weighted by molar-refractivity contribution is 0.295. The van der Waals surface area contributed by atoms with Crippen molar-refractivity contribution in [1.29, 1.82) is 0 Å². The van der Waals surface area contributed by atoms with Gasteiger partial charge in [0.2, 0.25) is 0 Å². The van der Waals surface area contributed by atoms with Crippen LogP contribution in [0.2, 0.25) is 0 Å². The zero-order chi connectivity index (χ0) is 13.4. The normalized spacial score (nSPS) is 23.9. The minimum absolute atomic E-state index is 0.171. The lowest BCUT2D eigenvalue weighted by Gasteiger charge is -2.26. The van der Waals surface area contributed by atoms with E-state index in [1.807, 2.05) is 0 Å². The summed E-state index contributed by atoms with van der Waals surface area (Å²) in [6.07, 6.45) is 1.04. The van der Waals surface area contributed by atoms with Crippen LogP contribution in [0.3, 0.4) is 0 Å². The first kappa shape index (κ1) is 12.5. The van der Waals surface area contributed by atoms with Crippen molar-refractivity contribution in [2.24, 2.45) is 5.73 Å². The Kier molecular flexibility index (Phi) is 3.17. The molecule has 19 heavy (non-hydrogen) atoms. The molecule has 0 saturated carbocycles. The fraction of sp³-hybridized carbons (Fsp3) is 0.375. The highest BCUT2D eigenvalue weighted by atomic mass is 16.5. The Labute approximate surface area is 114 Å². The number of nitrogens with two attached hydrogens (primary N) is 1. The highest BCUT2D eigenvalue weighted by Crippen LogP contribution is 2.39. The number of hydrogen-bond acceptors (Lipinski definition) is 3. The Balaban J connectivity index is 2.25. The molecule has 100 valence electrons. The number of ether oxygens (including phenoxy) is 1. The number of fused-ring (bicyclic) bond motifs is 1. The van der Waals surface area contributed by atoms with Crippen LogP contribution < -0.4 is 10.5 Å². The summed E-state index contributed by atoms with van der Waals surface area (Å²) in [5, 5.41) is 2.49. The van der Waals surface area contributed by atoms with E-state index in [2.05, 4.69) is 48.3 Å². The van der Waals surface area contributed by atoms with Crippen LogP contribution in [0, 0.1) is 0 Å². The number of benzene rings is 2. The Bertz CT molecular complexity index is 586. The van der Waals surface area contributed by atoms with Crippen LogP contribution in [0.25, 0.3) is 10.8 Å². The largest absolute Gasteiger partial charge is 0.496 e. The van der Waals surface area contributed by atoms with Crippen molar-refractivity contribution in [3.63, 3.8) is 0 Å². The summed E-state index contributed by atoms with van der Waals surface area (Å²) in [6.45, 7) is 1.04. The van der Waals surface area contributed by atoms with Crippen LogP contribution in [0.4, 0.5) is 0 Å². The maximum atomic E-state index is 6.32. The predicted octanol–water partition coefficient (Wildman–Crippen LogP) is 2.55. The van der Waals surface area contributed by atoms with Crippen LogP contribution in [-0.2, 0) is 0 Å². The monoisotopic (exact) mass is 256 g/mol. The summed E-state index contributed by atoms with van der Waals surface area (Å²) in [7, 11) is 3.87. The van der Waals surface area contributed by atoms with Gasteiger partial charge < -0.3 is 10.5 Å². The quantitative estimate of drug-likeness (QED) is 0.897. The van der Waals surface area contributed by atoms with Crippen LogP contribution in [0.15, 0.2) is 36.4 Å². The molecule has 3 rings (SSSR count). The van der Waals surface area contributed by atoms with Crippen molar-refractivity contribution in [2.45, 2.75) is 18.5 Å². The van der Waals surface area contributed by atoms with E-state index in [0.717, 1.165) is 18.7 Å². The maximum Gasteiger partial charge on any atom is 0.124 e. The number of rotatable bonds is 2. The molecule has 0 amide bonds. The molecule has 2 N–H and O–H groups in total. The molecule has 1 heterocycles. The van der Waals surface area contributed by atoms with Crippen molar-refractivity contribution < 1.29 is 4.74 Å². The van der Waals surface area contributed by atoms with E-state index in [0.29, 0.717) is 0 Å². The van der Waals surface area contributed by atoms with Gasteiger partial charge >= 0.3 is 0 Å². The Hall–Kier alpha value is -1.58. The van der Waals surface area contributed by atoms with Gasteiger partial charge in [0, 0.05) is 18.2 Å². The van der Waals surface area contributed by atoms with Gasteiger partial charge in [0.05, 0.1) is 13.2 Å². The molecule has 0 aromatic heterocycles. The molecule has 2 aromatic carbocycles. The Morgan fingerprint density at radius 2 is 2.00 bits per heavy atom. The first-order valence-electron chi connectivity index (χ1n) is 6.74. The average molecular weight is 256 g/mol. The summed E-state index contributed by atoms with van der Waals surface area (Å²) >= 11 is 0. The molecular weight excluding hydrogens is 236 g/mol. The molecule has 1 aliphatic heterocycles. The van der Waals surface area contributed by atoms with Gasteiger partial charge in [-0.05, 0) is 30.3 Å². The first-order chi connectivity index (χ1) is 9.22. The van der Waals surface area contributed by atoms with Gasteiger partial charge in [0.15, 0.2) is 0 Å². The van der Waals surface area contributed by atoms with Gasteiger partial charge in [-0.3, -0.25) is 4.90 Å². The molecule has 1 saturated heterocycles. The third-order valence-electron chi connectivity index (χ3n) is 4.14. The van der Waals surface area contributed by atoms with E-state index >= 15 is 0 Å². The second-order valence-electron chi connectivity index (χ2n) is 5.28. The summed E-state index contributed by atoms with van der Waals surface area (Å²) in [5.41, 5.74) is 7.55. The summed E-state index contributed by atoms with van der Waals surface area (Å²) in [4.78, 5) is 2.33. The smallest absolute Gasteiger partial charge is 0.124 e. The van der Waals surface area contributed by atoms with Gasteiger partial charge in [0.25, 0.3) is 0 Å². The van der Waals surface area contributed by atoms with Crippen molar-refractivity contribution in [3.05, 3.63) is 42.0 Å². The molecule has 0 radical (unpaired) electrons. The zero-order valence-corrected chi connectivity index (χ0v) is 11.5. The van der Waals surface area contributed by atoms with Crippen LogP contribution >= 0.6 is 0 Å². The Morgan fingerprint density at radius 1 is 1.21 bits per heavy atom. The third-order valence-corrected chi connectivity index (χ3v) is 4.14. The SMILES string of the molecule is COc1ccc2ccccc2c1C1C(N)CCN1C. The van der Waals surface area contributed by atoms with Crippen molar-refractivity contribution >= 4 is 10.8 Å². The minimum Gasteiger partial charge on any atom is -0.496 e. The van der Waals surface area contributed by atoms with Crippen molar-refractivity contribution in [1.82, 2.24) is 4.90 Å². The van der Waals surface area contributed by atoms with E-state index in [1.54, 1.807) is 7.11 Å². The number of nitrogens with zero attached hydrogens (tertiary/aromatic N) is 1. The van der Waals surface area contributed by atoms with Crippen LogP contribution in [-0.4, -0.2) is 31.6 Å². The number of likely N-dealkylation sites (N-methyl/N-ethyl adjacent to an activating group) is 1. The molecule has 3 heteroatoms. The van der Waals surface area contributed by atoms with Gasteiger partial charge in [-0.15, -0.1) is 0 Å². The van der Waals surface area contributed by atoms with Crippen LogP contribution in [0.5, 0.6) is 5.75 Å². The molecule has 1 aliphatic rings. The van der Waals surface area contributed by atoms with Crippen molar-refractivity contribution in [2.75, 3.05) is 20.7 Å². The third kappa shape index (κ3) is 1.99. The molecule has 1 fully saturated rings. The van der Waals surface area contributed by atoms with E-state index in [-0.39, 0.29) is 12.1 Å². The summed E-state index contributed by atoms with van der Waals surface area (Å²) in [6, 6.07) is 13.0. The van der Waals surface area contributed by atoms with Gasteiger partial charge in [-0.25, -0.2) is 0 Å². The van der Waals surface area contributed by atoms with E-state index in [4.69, 9.17) is 10.5 Å². The van der Waals surface area contributed by atoms with Gasteiger partial charge in [-0.2, -0.15) is 0 Å². The Morgan fingerprint density at radius 3 is 2.68 bits per heavy atom. The molecule has 0 aliphatic carbocycles. The predicted molar refractivity (Wildman–Crippen MR) is 78.5 cm³/mol. The van der Waals surface area contributed by atoms with Gasteiger partial charge in [0.1, 0.15) is 5.75 Å². The maximum absolute atomic E-state index is 6.32. The fourth-order valence-corrected chi connectivity index (χ4v) is 3.17. The van der Waals surface area contributed by atoms with Crippen LogP contribution in [0.1, 0.15) is 18.0 Å². The lowest BCUT2D eigenvalue weighted by Crippen LogP contribution is -2.30.